The third-order valence-corrected chi connectivity index (χ3v) is 2.78. The molecule has 0 aliphatic carbocycles. The Morgan fingerprint density at radius 3 is 2.28 bits per heavy atom. The molecule has 0 aliphatic rings. The molecule has 2 nitrogen and oxygen atoms in total. The molecule has 0 saturated heterocycles. The van der Waals surface area contributed by atoms with E-state index >= 15 is 0 Å². The molecule has 0 bridgehead atoms. The standard InChI is InChI=1S/C13H7ClF2O2/c14-10-4-2-1-3-7(10)8-5-11(15)12(16)6-9(8)13(17)18/h1-6H,(H,17,18). The van der Waals surface area contributed by atoms with Crippen LogP contribution in [0.4, 0.5) is 8.78 Å². The summed E-state index contributed by atoms with van der Waals surface area (Å²) in [4.78, 5) is 11.0. The third kappa shape index (κ3) is 2.19. The van der Waals surface area contributed by atoms with Crippen LogP contribution in [0, 0.1) is 11.6 Å². The summed E-state index contributed by atoms with van der Waals surface area (Å²) in [6, 6.07) is 7.86. The van der Waals surface area contributed by atoms with E-state index in [1.807, 2.05) is 0 Å². The number of aromatic carboxylic acids is 1. The number of benzene rings is 2. The Balaban J connectivity index is 2.74. The van der Waals surface area contributed by atoms with Crippen molar-refractivity contribution in [2.24, 2.45) is 0 Å². The Morgan fingerprint density at radius 2 is 1.67 bits per heavy atom. The minimum atomic E-state index is -1.34. The van der Waals surface area contributed by atoms with Gasteiger partial charge in [-0.15, -0.1) is 0 Å². The monoisotopic (exact) mass is 268 g/mol. The van der Waals surface area contributed by atoms with E-state index in [9.17, 15) is 13.6 Å². The Labute approximate surface area is 106 Å². The Kier molecular flexibility index (Phi) is 3.30. The topological polar surface area (TPSA) is 37.3 Å². The van der Waals surface area contributed by atoms with Crippen LogP contribution in [-0.4, -0.2) is 11.1 Å². The van der Waals surface area contributed by atoms with E-state index in [4.69, 9.17) is 16.7 Å². The van der Waals surface area contributed by atoms with Gasteiger partial charge in [0.2, 0.25) is 0 Å². The molecule has 0 fully saturated rings. The summed E-state index contributed by atoms with van der Waals surface area (Å²) in [5, 5.41) is 9.27. The van der Waals surface area contributed by atoms with Crippen LogP contribution >= 0.6 is 11.6 Å². The maximum atomic E-state index is 13.2. The van der Waals surface area contributed by atoms with Crippen LogP contribution in [0.25, 0.3) is 11.1 Å². The number of hydrogen-bond acceptors (Lipinski definition) is 1. The molecule has 2 rings (SSSR count). The van der Waals surface area contributed by atoms with Crippen molar-refractivity contribution in [1.29, 1.82) is 0 Å². The largest absolute Gasteiger partial charge is 0.478 e. The van der Waals surface area contributed by atoms with E-state index in [1.165, 1.54) is 0 Å². The van der Waals surface area contributed by atoms with Crippen LogP contribution in [0.2, 0.25) is 5.02 Å². The first kappa shape index (κ1) is 12.5. The number of carboxylic acids is 1. The summed E-state index contributed by atoms with van der Waals surface area (Å²) in [5.41, 5.74) is 0.0597. The van der Waals surface area contributed by atoms with E-state index in [0.717, 1.165) is 6.07 Å². The summed E-state index contributed by atoms with van der Waals surface area (Å²) in [7, 11) is 0. The van der Waals surface area contributed by atoms with E-state index in [0.29, 0.717) is 11.6 Å². The van der Waals surface area contributed by atoms with Crippen LogP contribution < -0.4 is 0 Å². The number of halogens is 3. The Bertz CT molecular complexity index is 626. The summed E-state index contributed by atoms with van der Waals surface area (Å²) < 4.78 is 26.3. The molecule has 0 atom stereocenters. The number of hydrogen-bond donors (Lipinski definition) is 1. The van der Waals surface area contributed by atoms with Crippen molar-refractivity contribution >= 4 is 17.6 Å². The maximum absolute atomic E-state index is 13.2. The van der Waals surface area contributed by atoms with Gasteiger partial charge in [0.05, 0.1) is 5.56 Å². The molecule has 0 saturated carbocycles. The lowest BCUT2D eigenvalue weighted by Crippen LogP contribution is -2.02. The molecule has 0 heterocycles. The molecule has 2 aromatic carbocycles. The van der Waals surface area contributed by atoms with Gasteiger partial charge in [-0.1, -0.05) is 29.8 Å². The molecule has 0 radical (unpaired) electrons. The molecule has 0 aromatic heterocycles. The molecule has 0 amide bonds. The van der Waals surface area contributed by atoms with Crippen LogP contribution in [0.15, 0.2) is 36.4 Å². The van der Waals surface area contributed by atoms with Crippen molar-refractivity contribution in [3.8, 4) is 11.1 Å². The van der Waals surface area contributed by atoms with Crippen molar-refractivity contribution in [3.05, 3.63) is 58.6 Å². The zero-order chi connectivity index (χ0) is 13.3. The maximum Gasteiger partial charge on any atom is 0.336 e. The van der Waals surface area contributed by atoms with Gasteiger partial charge in [0.25, 0.3) is 0 Å². The van der Waals surface area contributed by atoms with Gasteiger partial charge in [-0.05, 0) is 18.2 Å². The van der Waals surface area contributed by atoms with Gasteiger partial charge in [-0.25, -0.2) is 13.6 Å². The van der Waals surface area contributed by atoms with Crippen LogP contribution in [0.3, 0.4) is 0 Å². The second-order valence-corrected chi connectivity index (χ2v) is 4.00. The van der Waals surface area contributed by atoms with Gasteiger partial charge in [0.15, 0.2) is 11.6 Å². The summed E-state index contributed by atoms with van der Waals surface area (Å²) in [6.07, 6.45) is 0. The molecule has 1 N–H and O–H groups in total. The molecular weight excluding hydrogens is 262 g/mol. The minimum absolute atomic E-state index is 0.0481. The molecular formula is C13H7ClF2O2. The molecule has 2 aromatic rings. The predicted molar refractivity (Wildman–Crippen MR) is 63.8 cm³/mol. The summed E-state index contributed by atoms with van der Waals surface area (Å²) in [6.45, 7) is 0. The van der Waals surface area contributed by atoms with E-state index in [2.05, 4.69) is 0 Å². The summed E-state index contributed by atoms with van der Waals surface area (Å²) >= 11 is 5.92. The van der Waals surface area contributed by atoms with Gasteiger partial charge in [-0.3, -0.25) is 0 Å². The second kappa shape index (κ2) is 4.74. The SMILES string of the molecule is O=C(O)c1cc(F)c(F)cc1-c1ccccc1Cl. The average molecular weight is 269 g/mol. The lowest BCUT2D eigenvalue weighted by molar-refractivity contribution is 0.0697. The number of carbonyl (C=O) groups is 1. The smallest absolute Gasteiger partial charge is 0.336 e. The quantitative estimate of drug-likeness (QED) is 0.894. The van der Waals surface area contributed by atoms with Crippen LogP contribution in [0.5, 0.6) is 0 Å². The third-order valence-electron chi connectivity index (χ3n) is 2.45. The highest BCUT2D eigenvalue weighted by atomic mass is 35.5. The first-order chi connectivity index (χ1) is 8.50. The second-order valence-electron chi connectivity index (χ2n) is 3.60. The first-order valence-corrected chi connectivity index (χ1v) is 5.35. The predicted octanol–water partition coefficient (Wildman–Crippen LogP) is 3.98. The van der Waals surface area contributed by atoms with E-state index in [-0.39, 0.29) is 16.1 Å². The van der Waals surface area contributed by atoms with Crippen molar-refractivity contribution in [2.75, 3.05) is 0 Å². The van der Waals surface area contributed by atoms with Gasteiger partial charge in [0, 0.05) is 16.1 Å². The van der Waals surface area contributed by atoms with Crippen LogP contribution in [0.1, 0.15) is 10.4 Å². The van der Waals surface area contributed by atoms with E-state index < -0.39 is 17.6 Å². The zero-order valence-electron chi connectivity index (χ0n) is 8.95. The highest BCUT2D eigenvalue weighted by Crippen LogP contribution is 2.31. The van der Waals surface area contributed by atoms with Gasteiger partial charge in [-0.2, -0.15) is 0 Å². The van der Waals surface area contributed by atoms with Crippen molar-refractivity contribution in [3.63, 3.8) is 0 Å². The highest BCUT2D eigenvalue weighted by molar-refractivity contribution is 6.33. The average Bonchev–Trinajstić information content (AvgIpc) is 2.32. The minimum Gasteiger partial charge on any atom is -0.478 e. The number of carboxylic acid groups (broad SMARTS) is 1. The fourth-order valence-corrected chi connectivity index (χ4v) is 1.86. The molecule has 18 heavy (non-hydrogen) atoms. The van der Waals surface area contributed by atoms with Crippen molar-refractivity contribution in [2.45, 2.75) is 0 Å². The first-order valence-electron chi connectivity index (χ1n) is 4.98. The van der Waals surface area contributed by atoms with Gasteiger partial charge < -0.3 is 5.11 Å². The van der Waals surface area contributed by atoms with Gasteiger partial charge in [0.1, 0.15) is 0 Å². The molecule has 0 unspecified atom stereocenters. The molecule has 92 valence electrons. The molecule has 0 aliphatic heterocycles. The fraction of sp³-hybridized carbons (Fsp3) is 0. The molecule has 0 spiro atoms. The van der Waals surface area contributed by atoms with Crippen molar-refractivity contribution < 1.29 is 18.7 Å². The highest BCUT2D eigenvalue weighted by Gasteiger charge is 2.17. The van der Waals surface area contributed by atoms with E-state index in [1.54, 1.807) is 24.3 Å². The fourth-order valence-electron chi connectivity index (χ4n) is 1.63. The Hall–Kier alpha value is -1.94. The normalized spacial score (nSPS) is 10.4. The lowest BCUT2D eigenvalue weighted by Gasteiger charge is -2.09. The van der Waals surface area contributed by atoms with Crippen molar-refractivity contribution in [1.82, 2.24) is 0 Å². The van der Waals surface area contributed by atoms with Gasteiger partial charge >= 0.3 is 5.97 Å². The lowest BCUT2D eigenvalue weighted by atomic mass is 9.99. The summed E-state index contributed by atoms with van der Waals surface area (Å²) in [5.74, 6) is -3.66. The zero-order valence-corrected chi connectivity index (χ0v) is 9.71. The Morgan fingerprint density at radius 1 is 1.06 bits per heavy atom. The van der Waals surface area contributed by atoms with Crippen LogP contribution in [-0.2, 0) is 0 Å². The molecule has 5 heteroatoms. The number of rotatable bonds is 2.